The summed E-state index contributed by atoms with van der Waals surface area (Å²) in [5.74, 6) is -0.633. The van der Waals surface area contributed by atoms with Gasteiger partial charge in [0.2, 0.25) is 0 Å². The second kappa shape index (κ2) is 5.52. The quantitative estimate of drug-likeness (QED) is 0.891. The molecule has 120 valence electrons. The fraction of sp³-hybridized carbons (Fsp3) is 0.0714. The summed E-state index contributed by atoms with van der Waals surface area (Å²) in [6.07, 6.45) is -1.12. The predicted octanol–water partition coefficient (Wildman–Crippen LogP) is 1.68. The highest BCUT2D eigenvalue weighted by molar-refractivity contribution is 7.86. The van der Waals surface area contributed by atoms with E-state index < -0.39 is 28.2 Å². The van der Waals surface area contributed by atoms with Crippen molar-refractivity contribution in [2.24, 2.45) is 10.2 Å². The van der Waals surface area contributed by atoms with E-state index in [0.29, 0.717) is 9.98 Å². The molecular formula is C14H13FN4O3S. The average molecular weight is 336 g/mol. The van der Waals surface area contributed by atoms with Crippen molar-refractivity contribution < 1.29 is 17.9 Å². The van der Waals surface area contributed by atoms with Crippen LogP contribution in [-0.4, -0.2) is 24.0 Å². The molecule has 0 amide bonds. The standard InChI is InChI=1S/C14H13FN4O3S/c15-11-8-4-5-9-12(11)18-13(10-6-2-1-3-7-10)19(17-14(18)20)23(16,21)22/h1-9,13H,(H,17,20)(H2,16,21,22). The van der Waals surface area contributed by atoms with Gasteiger partial charge in [-0.3, -0.25) is 4.90 Å². The van der Waals surface area contributed by atoms with Crippen LogP contribution in [0.15, 0.2) is 59.7 Å². The molecule has 0 bridgehead atoms. The number of amidine groups is 1. The van der Waals surface area contributed by atoms with Crippen molar-refractivity contribution in [2.45, 2.75) is 6.17 Å². The zero-order valence-corrected chi connectivity index (χ0v) is 12.6. The highest BCUT2D eigenvalue weighted by Gasteiger charge is 2.42. The van der Waals surface area contributed by atoms with Crippen molar-refractivity contribution in [1.82, 2.24) is 4.41 Å². The van der Waals surface area contributed by atoms with E-state index in [9.17, 15) is 17.9 Å². The molecule has 1 aliphatic heterocycles. The first-order valence-corrected chi connectivity index (χ1v) is 8.08. The Morgan fingerprint density at radius 1 is 1.09 bits per heavy atom. The van der Waals surface area contributed by atoms with Crippen LogP contribution in [-0.2, 0) is 10.2 Å². The molecule has 1 aliphatic rings. The summed E-state index contributed by atoms with van der Waals surface area (Å²) in [5, 5.41) is 18.8. The molecule has 23 heavy (non-hydrogen) atoms. The lowest BCUT2D eigenvalue weighted by molar-refractivity contribution is 0.371. The third kappa shape index (κ3) is 2.71. The number of nitrogens with zero attached hydrogens (tertiary/aromatic N) is 3. The summed E-state index contributed by atoms with van der Waals surface area (Å²) in [5.41, 5.74) is 0.450. The number of benzene rings is 2. The molecule has 7 nitrogen and oxygen atoms in total. The number of hydrogen-bond acceptors (Lipinski definition) is 4. The van der Waals surface area contributed by atoms with Crippen molar-refractivity contribution >= 4 is 21.9 Å². The van der Waals surface area contributed by atoms with Crippen molar-refractivity contribution in [3.05, 3.63) is 66.0 Å². The maximum atomic E-state index is 14.1. The van der Waals surface area contributed by atoms with E-state index in [2.05, 4.69) is 5.10 Å². The van der Waals surface area contributed by atoms with Gasteiger partial charge >= 0.3 is 16.2 Å². The lowest BCUT2D eigenvalue weighted by atomic mass is 10.1. The molecule has 3 rings (SSSR count). The van der Waals surface area contributed by atoms with Gasteiger partial charge in [0.1, 0.15) is 5.82 Å². The molecular weight excluding hydrogens is 323 g/mol. The first-order valence-electron chi connectivity index (χ1n) is 6.58. The minimum atomic E-state index is -4.26. The molecule has 0 saturated carbocycles. The SMILES string of the molecule is NS(=O)(=O)N1N=C(O)N(c2ccccc2F)C1c1ccccc1. The number of hydrogen-bond donors (Lipinski definition) is 2. The minimum absolute atomic E-state index is 0.0197. The monoisotopic (exact) mass is 336 g/mol. The predicted molar refractivity (Wildman–Crippen MR) is 83.1 cm³/mol. The van der Waals surface area contributed by atoms with E-state index in [0.717, 1.165) is 4.90 Å². The number of anilines is 1. The van der Waals surface area contributed by atoms with E-state index >= 15 is 0 Å². The van der Waals surface area contributed by atoms with Crippen molar-refractivity contribution in [3.8, 4) is 0 Å². The highest BCUT2D eigenvalue weighted by atomic mass is 32.2. The van der Waals surface area contributed by atoms with Gasteiger partial charge in [0.05, 0.1) is 5.69 Å². The van der Waals surface area contributed by atoms with Gasteiger partial charge < -0.3 is 5.11 Å². The van der Waals surface area contributed by atoms with Crippen LogP contribution in [0.4, 0.5) is 10.1 Å². The number of rotatable bonds is 3. The van der Waals surface area contributed by atoms with Gasteiger partial charge in [0.25, 0.3) is 0 Å². The fourth-order valence-corrected chi connectivity index (χ4v) is 3.06. The van der Waals surface area contributed by atoms with Crippen LogP contribution in [0.25, 0.3) is 0 Å². The summed E-state index contributed by atoms with van der Waals surface area (Å²) in [6, 6.07) is 13.4. The van der Waals surface area contributed by atoms with Crippen LogP contribution in [0.3, 0.4) is 0 Å². The minimum Gasteiger partial charge on any atom is -0.479 e. The molecule has 0 aromatic heterocycles. The Labute approximate surface area is 132 Å². The zero-order chi connectivity index (χ0) is 16.6. The molecule has 9 heteroatoms. The molecule has 3 N–H and O–H groups in total. The normalized spacial score (nSPS) is 18.2. The maximum absolute atomic E-state index is 14.1. The summed E-state index contributed by atoms with van der Waals surface area (Å²) >= 11 is 0. The van der Waals surface area contributed by atoms with E-state index in [1.54, 1.807) is 36.4 Å². The maximum Gasteiger partial charge on any atom is 0.316 e. The van der Waals surface area contributed by atoms with Crippen LogP contribution < -0.4 is 10.0 Å². The molecule has 1 atom stereocenters. The van der Waals surface area contributed by atoms with Gasteiger partial charge in [-0.2, -0.15) is 8.42 Å². The second-order valence-corrected chi connectivity index (χ2v) is 6.23. The van der Waals surface area contributed by atoms with Crippen LogP contribution in [0.5, 0.6) is 0 Å². The van der Waals surface area contributed by atoms with Crippen molar-refractivity contribution in [2.75, 3.05) is 4.90 Å². The molecule has 0 saturated heterocycles. The largest absolute Gasteiger partial charge is 0.479 e. The number of aliphatic hydroxyl groups excluding tert-OH is 1. The molecule has 0 radical (unpaired) electrons. The molecule has 0 fully saturated rings. The summed E-state index contributed by atoms with van der Waals surface area (Å²) < 4.78 is 38.2. The van der Waals surface area contributed by atoms with Gasteiger partial charge in [-0.1, -0.05) is 42.5 Å². The van der Waals surface area contributed by atoms with Gasteiger partial charge in [0, 0.05) is 0 Å². The Kier molecular flexibility index (Phi) is 3.66. The lowest BCUT2D eigenvalue weighted by Crippen LogP contribution is -2.40. The Morgan fingerprint density at radius 3 is 2.30 bits per heavy atom. The van der Waals surface area contributed by atoms with Crippen LogP contribution in [0.2, 0.25) is 0 Å². The first kappa shape index (κ1) is 15.3. The molecule has 0 spiro atoms. The molecule has 2 aromatic carbocycles. The average Bonchev–Trinajstić information content (AvgIpc) is 2.86. The topological polar surface area (TPSA) is 99.2 Å². The molecule has 2 aromatic rings. The number of nitrogens with two attached hydrogens (primary N) is 1. The zero-order valence-electron chi connectivity index (χ0n) is 11.7. The summed E-state index contributed by atoms with van der Waals surface area (Å²) in [4.78, 5) is 1.06. The second-order valence-electron chi connectivity index (χ2n) is 4.82. The van der Waals surface area contributed by atoms with Crippen LogP contribution in [0, 0.1) is 5.82 Å². The van der Waals surface area contributed by atoms with Crippen LogP contribution in [0.1, 0.15) is 11.7 Å². The Balaban J connectivity index is 2.18. The third-order valence-corrected chi connectivity index (χ3v) is 4.13. The van der Waals surface area contributed by atoms with Crippen molar-refractivity contribution in [3.63, 3.8) is 0 Å². The van der Waals surface area contributed by atoms with Crippen molar-refractivity contribution in [1.29, 1.82) is 0 Å². The molecule has 0 aliphatic carbocycles. The van der Waals surface area contributed by atoms with Crippen LogP contribution >= 0.6 is 0 Å². The Morgan fingerprint density at radius 2 is 1.70 bits per heavy atom. The third-order valence-electron chi connectivity index (χ3n) is 3.33. The molecule has 1 heterocycles. The van der Waals surface area contributed by atoms with E-state index in [1.165, 1.54) is 18.2 Å². The fourth-order valence-electron chi connectivity index (χ4n) is 2.38. The van der Waals surface area contributed by atoms with Gasteiger partial charge in [-0.15, -0.1) is 9.52 Å². The lowest BCUT2D eigenvalue weighted by Gasteiger charge is -2.29. The first-order chi connectivity index (χ1) is 10.9. The summed E-state index contributed by atoms with van der Waals surface area (Å²) in [6.45, 7) is 0. The van der Waals surface area contributed by atoms with Gasteiger partial charge in [-0.25, -0.2) is 9.53 Å². The van der Waals surface area contributed by atoms with Gasteiger partial charge in [0.15, 0.2) is 6.17 Å². The van der Waals surface area contributed by atoms with E-state index in [-0.39, 0.29) is 5.69 Å². The number of para-hydroxylation sites is 1. The molecule has 1 unspecified atom stereocenters. The Bertz CT molecular complexity index is 857. The number of hydrazone groups is 1. The van der Waals surface area contributed by atoms with E-state index in [4.69, 9.17) is 5.14 Å². The van der Waals surface area contributed by atoms with Gasteiger partial charge in [-0.05, 0) is 17.7 Å². The smallest absolute Gasteiger partial charge is 0.316 e. The number of aliphatic hydroxyl groups is 1. The summed E-state index contributed by atoms with van der Waals surface area (Å²) in [7, 11) is -4.26. The Hall–Kier alpha value is -2.65. The number of halogens is 1. The highest BCUT2D eigenvalue weighted by Crippen LogP contribution is 2.37. The van der Waals surface area contributed by atoms with E-state index in [1.807, 2.05) is 0 Å².